The summed E-state index contributed by atoms with van der Waals surface area (Å²) in [6, 6.07) is 6.53. The first-order valence-electron chi connectivity index (χ1n) is 6.29. The minimum atomic E-state index is 0.794. The van der Waals surface area contributed by atoms with Crippen molar-refractivity contribution in [2.24, 2.45) is 7.05 Å². The second-order valence-corrected chi connectivity index (χ2v) is 4.85. The van der Waals surface area contributed by atoms with E-state index in [0.29, 0.717) is 0 Å². The molecule has 0 spiro atoms. The third kappa shape index (κ3) is 2.18. The van der Waals surface area contributed by atoms with Gasteiger partial charge in [-0.15, -0.1) is 0 Å². The van der Waals surface area contributed by atoms with Crippen molar-refractivity contribution in [2.45, 2.75) is 27.3 Å². The van der Waals surface area contributed by atoms with Gasteiger partial charge in [0.05, 0.1) is 12.2 Å². The Bertz CT molecular complexity index is 567. The molecule has 0 amide bonds. The van der Waals surface area contributed by atoms with E-state index in [1.54, 1.807) is 0 Å². The van der Waals surface area contributed by atoms with E-state index in [2.05, 4.69) is 55.9 Å². The smallest absolute Gasteiger partial charge is 0.123 e. The number of aryl methyl sites for hydroxylation is 2. The zero-order chi connectivity index (χ0) is 13.3. The van der Waals surface area contributed by atoms with Crippen LogP contribution in [0, 0.1) is 20.8 Å². The van der Waals surface area contributed by atoms with E-state index in [0.717, 1.165) is 18.1 Å². The van der Waals surface area contributed by atoms with Crippen LogP contribution < -0.4 is 5.32 Å². The first kappa shape index (κ1) is 12.8. The fourth-order valence-electron chi connectivity index (χ4n) is 2.12. The zero-order valence-corrected chi connectivity index (χ0v) is 11.8. The maximum atomic E-state index is 4.74. The van der Waals surface area contributed by atoms with Gasteiger partial charge in [-0.3, -0.25) is 0 Å². The van der Waals surface area contributed by atoms with Crippen LogP contribution in [0.1, 0.15) is 22.6 Å². The maximum Gasteiger partial charge on any atom is 0.123 e. The van der Waals surface area contributed by atoms with Crippen molar-refractivity contribution >= 4 is 0 Å². The van der Waals surface area contributed by atoms with Crippen LogP contribution in [0.5, 0.6) is 0 Å². The minimum Gasteiger partial charge on any atom is -0.334 e. The molecule has 0 fully saturated rings. The highest BCUT2D eigenvalue weighted by atomic mass is 15.1. The molecule has 1 aromatic heterocycles. The van der Waals surface area contributed by atoms with E-state index in [-0.39, 0.29) is 0 Å². The largest absolute Gasteiger partial charge is 0.334 e. The van der Waals surface area contributed by atoms with E-state index in [4.69, 9.17) is 4.98 Å². The van der Waals surface area contributed by atoms with Crippen molar-refractivity contribution in [2.75, 3.05) is 7.05 Å². The van der Waals surface area contributed by atoms with Crippen molar-refractivity contribution in [1.82, 2.24) is 14.9 Å². The van der Waals surface area contributed by atoms with E-state index >= 15 is 0 Å². The Hall–Kier alpha value is -1.61. The molecule has 1 aromatic carbocycles. The topological polar surface area (TPSA) is 29.9 Å². The monoisotopic (exact) mass is 243 g/mol. The Morgan fingerprint density at radius 1 is 1.17 bits per heavy atom. The van der Waals surface area contributed by atoms with Crippen LogP contribution in [-0.2, 0) is 13.6 Å². The first-order chi connectivity index (χ1) is 8.54. The lowest BCUT2D eigenvalue weighted by Crippen LogP contribution is -2.10. The van der Waals surface area contributed by atoms with Gasteiger partial charge in [0.2, 0.25) is 0 Å². The molecule has 0 aliphatic heterocycles. The summed E-state index contributed by atoms with van der Waals surface area (Å²) in [5.41, 5.74) is 6.14. The van der Waals surface area contributed by atoms with Crippen LogP contribution >= 0.6 is 0 Å². The molecule has 1 heterocycles. The zero-order valence-electron chi connectivity index (χ0n) is 11.8. The normalized spacial score (nSPS) is 10.9. The van der Waals surface area contributed by atoms with Crippen LogP contribution in [0.3, 0.4) is 0 Å². The Morgan fingerprint density at radius 3 is 2.50 bits per heavy atom. The van der Waals surface area contributed by atoms with Crippen LogP contribution in [0.25, 0.3) is 11.3 Å². The fraction of sp³-hybridized carbons (Fsp3) is 0.400. The molecule has 0 atom stereocenters. The molecule has 3 heteroatoms. The van der Waals surface area contributed by atoms with Crippen molar-refractivity contribution in [1.29, 1.82) is 0 Å². The molecule has 2 rings (SSSR count). The number of nitrogens with zero attached hydrogens (tertiary/aromatic N) is 2. The lowest BCUT2D eigenvalue weighted by molar-refractivity contribution is 0.701. The highest BCUT2D eigenvalue weighted by Crippen LogP contribution is 2.25. The van der Waals surface area contributed by atoms with Gasteiger partial charge in [0.1, 0.15) is 5.82 Å². The summed E-state index contributed by atoms with van der Waals surface area (Å²) in [7, 11) is 4.01. The number of hydrogen-bond donors (Lipinski definition) is 1. The van der Waals surface area contributed by atoms with Gasteiger partial charge in [0.15, 0.2) is 0 Å². The van der Waals surface area contributed by atoms with E-state index < -0.39 is 0 Å². The number of benzene rings is 1. The molecular formula is C15H21N3. The number of nitrogens with one attached hydrogen (secondary N) is 1. The van der Waals surface area contributed by atoms with E-state index in [9.17, 15) is 0 Å². The molecule has 2 aromatic rings. The third-order valence-corrected chi connectivity index (χ3v) is 3.59. The molecule has 96 valence electrons. The number of imidazole rings is 1. The summed E-state index contributed by atoms with van der Waals surface area (Å²) < 4.78 is 2.15. The highest BCUT2D eigenvalue weighted by Gasteiger charge is 2.12. The molecule has 0 unspecified atom stereocenters. The summed E-state index contributed by atoms with van der Waals surface area (Å²) >= 11 is 0. The molecule has 0 bridgehead atoms. The fourth-order valence-corrected chi connectivity index (χ4v) is 2.12. The van der Waals surface area contributed by atoms with Crippen molar-refractivity contribution in [3.8, 4) is 11.3 Å². The summed E-state index contributed by atoms with van der Waals surface area (Å²) in [6.07, 6.45) is 0. The Kier molecular flexibility index (Phi) is 3.53. The van der Waals surface area contributed by atoms with Gasteiger partial charge in [0, 0.05) is 18.3 Å². The van der Waals surface area contributed by atoms with Crippen LogP contribution in [-0.4, -0.2) is 16.6 Å². The predicted octanol–water partition coefficient (Wildman–Crippen LogP) is 2.73. The average Bonchev–Trinajstić information content (AvgIpc) is 2.62. The first-order valence-corrected chi connectivity index (χ1v) is 6.29. The standard InChI is InChI=1S/C15H21N3/c1-10-6-7-13(8-11(10)2)15-12(3)18(5)14(17-15)9-16-4/h6-8,16H,9H2,1-5H3. The lowest BCUT2D eigenvalue weighted by Gasteiger charge is -2.04. The molecule has 0 saturated heterocycles. The number of hydrogen-bond acceptors (Lipinski definition) is 2. The Balaban J connectivity index is 2.50. The molecule has 0 aliphatic carbocycles. The summed E-state index contributed by atoms with van der Waals surface area (Å²) in [5, 5.41) is 3.15. The molecule has 0 radical (unpaired) electrons. The minimum absolute atomic E-state index is 0.794. The molecule has 0 saturated carbocycles. The quantitative estimate of drug-likeness (QED) is 0.898. The van der Waals surface area contributed by atoms with Crippen LogP contribution in [0.15, 0.2) is 18.2 Å². The van der Waals surface area contributed by atoms with Gasteiger partial charge in [-0.05, 0) is 45.0 Å². The summed E-state index contributed by atoms with van der Waals surface area (Å²) in [4.78, 5) is 4.74. The van der Waals surface area contributed by atoms with Crippen molar-refractivity contribution in [3.63, 3.8) is 0 Å². The van der Waals surface area contributed by atoms with Gasteiger partial charge in [-0.1, -0.05) is 12.1 Å². The molecule has 0 aliphatic rings. The van der Waals surface area contributed by atoms with E-state index in [1.165, 1.54) is 22.4 Å². The van der Waals surface area contributed by atoms with Gasteiger partial charge < -0.3 is 9.88 Å². The van der Waals surface area contributed by atoms with Gasteiger partial charge in [0.25, 0.3) is 0 Å². The average molecular weight is 243 g/mol. The number of rotatable bonds is 3. The van der Waals surface area contributed by atoms with Gasteiger partial charge in [-0.25, -0.2) is 4.98 Å². The molecule has 1 N–H and O–H groups in total. The second kappa shape index (κ2) is 4.94. The Labute approximate surface area is 109 Å². The van der Waals surface area contributed by atoms with Crippen molar-refractivity contribution < 1.29 is 0 Å². The SMILES string of the molecule is CNCc1nc(-c2ccc(C)c(C)c2)c(C)n1C. The van der Waals surface area contributed by atoms with Gasteiger partial charge >= 0.3 is 0 Å². The highest BCUT2D eigenvalue weighted by molar-refractivity contribution is 5.63. The lowest BCUT2D eigenvalue weighted by atomic mass is 10.0. The van der Waals surface area contributed by atoms with Crippen LogP contribution in [0.2, 0.25) is 0 Å². The van der Waals surface area contributed by atoms with Crippen molar-refractivity contribution in [3.05, 3.63) is 40.8 Å². The summed E-state index contributed by atoms with van der Waals surface area (Å²) in [6.45, 7) is 7.20. The molecular weight excluding hydrogens is 222 g/mol. The molecule has 3 nitrogen and oxygen atoms in total. The van der Waals surface area contributed by atoms with E-state index in [1.807, 2.05) is 7.05 Å². The molecule has 18 heavy (non-hydrogen) atoms. The maximum absolute atomic E-state index is 4.74. The van der Waals surface area contributed by atoms with Gasteiger partial charge in [-0.2, -0.15) is 0 Å². The number of aromatic nitrogens is 2. The Morgan fingerprint density at radius 2 is 1.89 bits per heavy atom. The second-order valence-electron chi connectivity index (χ2n) is 4.85. The predicted molar refractivity (Wildman–Crippen MR) is 75.6 cm³/mol. The third-order valence-electron chi connectivity index (χ3n) is 3.59. The summed E-state index contributed by atoms with van der Waals surface area (Å²) in [5.74, 6) is 1.07. The van der Waals surface area contributed by atoms with Crippen LogP contribution in [0.4, 0.5) is 0 Å².